The maximum atomic E-state index is 5.37. The van der Waals surface area contributed by atoms with Gasteiger partial charge in [-0.25, -0.2) is 0 Å². The summed E-state index contributed by atoms with van der Waals surface area (Å²) in [5.74, 6) is 1.61. The molecule has 1 aliphatic carbocycles. The number of rotatable bonds is 5. The van der Waals surface area contributed by atoms with Crippen LogP contribution in [0.1, 0.15) is 37.8 Å². The third-order valence-corrected chi connectivity index (χ3v) is 4.72. The minimum Gasteiger partial charge on any atom is -0.480 e. The number of imidazole rings is 1. The molecule has 19 heavy (non-hydrogen) atoms. The van der Waals surface area contributed by atoms with Crippen LogP contribution in [0.2, 0.25) is 0 Å². The molecule has 1 N–H and O–H groups in total. The molecule has 1 fully saturated rings. The van der Waals surface area contributed by atoms with Crippen LogP contribution in [0, 0.1) is 5.92 Å². The van der Waals surface area contributed by atoms with Crippen LogP contribution in [-0.4, -0.2) is 23.0 Å². The number of ether oxygens (including phenoxy) is 1. The quantitative estimate of drug-likeness (QED) is 0.914. The number of hydrogen-bond donors (Lipinski definition) is 1. The molecule has 0 unspecified atom stereocenters. The molecule has 0 aromatic carbocycles. The summed E-state index contributed by atoms with van der Waals surface area (Å²) in [5, 5.41) is 5.64. The van der Waals surface area contributed by atoms with Crippen molar-refractivity contribution >= 4 is 16.3 Å². The van der Waals surface area contributed by atoms with Gasteiger partial charge in [-0.3, -0.25) is 4.40 Å². The van der Waals surface area contributed by atoms with E-state index in [1.54, 1.807) is 18.4 Å². The van der Waals surface area contributed by atoms with Crippen LogP contribution in [0.3, 0.4) is 0 Å². The van der Waals surface area contributed by atoms with Crippen molar-refractivity contribution in [3.05, 3.63) is 17.3 Å². The summed E-state index contributed by atoms with van der Waals surface area (Å²) in [6, 6.07) is 0. The fourth-order valence-corrected chi connectivity index (χ4v) is 3.65. The van der Waals surface area contributed by atoms with E-state index in [1.807, 2.05) is 0 Å². The smallest absolute Gasteiger partial charge is 0.237 e. The van der Waals surface area contributed by atoms with Crippen molar-refractivity contribution in [1.82, 2.24) is 14.7 Å². The van der Waals surface area contributed by atoms with Gasteiger partial charge in [0.05, 0.1) is 7.11 Å². The third kappa shape index (κ3) is 2.77. The second-order valence-corrected chi connectivity index (χ2v) is 6.13. The maximum Gasteiger partial charge on any atom is 0.237 e. The predicted molar refractivity (Wildman–Crippen MR) is 77.9 cm³/mol. The minimum absolute atomic E-state index is 0.753. The lowest BCUT2D eigenvalue weighted by atomic mass is 9.89. The van der Waals surface area contributed by atoms with Crippen LogP contribution in [0.5, 0.6) is 5.88 Å². The second-order valence-electron chi connectivity index (χ2n) is 5.26. The molecule has 0 spiro atoms. The molecule has 0 amide bonds. The zero-order valence-electron chi connectivity index (χ0n) is 11.4. The molecule has 4 nitrogen and oxygen atoms in total. The lowest BCUT2D eigenvalue weighted by Crippen LogP contribution is -2.24. The molecule has 0 aliphatic heterocycles. The highest BCUT2D eigenvalue weighted by atomic mass is 32.1. The third-order valence-electron chi connectivity index (χ3n) is 3.97. The van der Waals surface area contributed by atoms with Gasteiger partial charge in [0.1, 0.15) is 5.69 Å². The first kappa shape index (κ1) is 12.9. The first-order valence-electron chi connectivity index (χ1n) is 7.07. The first-order valence-corrected chi connectivity index (χ1v) is 7.95. The van der Waals surface area contributed by atoms with E-state index in [-0.39, 0.29) is 0 Å². The van der Waals surface area contributed by atoms with Crippen LogP contribution >= 0.6 is 11.3 Å². The van der Waals surface area contributed by atoms with Crippen molar-refractivity contribution in [3.8, 4) is 5.88 Å². The Balaban J connectivity index is 1.62. The standard InChI is InChI=1S/C14H21N3OS/c1-18-13-12(17-7-8-19-14(17)16-13)10-15-9-11-5-3-2-4-6-11/h7-8,11,15H,2-6,9-10H2,1H3. The summed E-state index contributed by atoms with van der Waals surface area (Å²) < 4.78 is 7.49. The van der Waals surface area contributed by atoms with Gasteiger partial charge in [-0.05, 0) is 25.3 Å². The van der Waals surface area contributed by atoms with Gasteiger partial charge in [-0.15, -0.1) is 11.3 Å². The van der Waals surface area contributed by atoms with Crippen molar-refractivity contribution in [3.63, 3.8) is 0 Å². The summed E-state index contributed by atoms with van der Waals surface area (Å²) in [7, 11) is 1.69. The average molecular weight is 279 g/mol. The number of nitrogens with zero attached hydrogens (tertiary/aromatic N) is 2. The molecular formula is C14H21N3OS. The zero-order chi connectivity index (χ0) is 13.1. The Morgan fingerprint density at radius 1 is 1.42 bits per heavy atom. The first-order chi connectivity index (χ1) is 9.38. The molecule has 0 saturated heterocycles. The normalized spacial score (nSPS) is 17.1. The van der Waals surface area contributed by atoms with Gasteiger partial charge >= 0.3 is 0 Å². The fourth-order valence-electron chi connectivity index (χ4n) is 2.92. The van der Waals surface area contributed by atoms with Crippen LogP contribution in [0.25, 0.3) is 4.96 Å². The Labute approximate surface area is 117 Å². The van der Waals surface area contributed by atoms with Gasteiger partial charge in [0, 0.05) is 18.1 Å². The zero-order valence-corrected chi connectivity index (χ0v) is 12.2. The molecule has 104 valence electrons. The predicted octanol–water partition coefficient (Wildman–Crippen LogP) is 3.07. The molecule has 1 aliphatic rings. The molecule has 2 aromatic heterocycles. The summed E-state index contributed by atoms with van der Waals surface area (Å²) in [5.41, 5.74) is 1.13. The Kier molecular flexibility index (Phi) is 4.03. The van der Waals surface area contributed by atoms with Crippen LogP contribution < -0.4 is 10.1 Å². The van der Waals surface area contributed by atoms with Crippen molar-refractivity contribution in [2.45, 2.75) is 38.6 Å². The van der Waals surface area contributed by atoms with E-state index in [0.717, 1.165) is 35.5 Å². The van der Waals surface area contributed by atoms with Gasteiger partial charge in [0.15, 0.2) is 4.96 Å². The molecule has 3 rings (SSSR count). The number of nitrogens with one attached hydrogen (secondary N) is 1. The van der Waals surface area contributed by atoms with E-state index in [4.69, 9.17) is 4.74 Å². The average Bonchev–Trinajstić information content (AvgIpc) is 3.02. The lowest BCUT2D eigenvalue weighted by Gasteiger charge is -2.21. The molecule has 0 bridgehead atoms. The number of methoxy groups -OCH3 is 1. The van der Waals surface area contributed by atoms with Crippen LogP contribution in [0.4, 0.5) is 0 Å². The largest absolute Gasteiger partial charge is 0.480 e. The Morgan fingerprint density at radius 2 is 2.26 bits per heavy atom. The van der Waals surface area contributed by atoms with Crippen molar-refractivity contribution < 1.29 is 4.74 Å². The monoisotopic (exact) mass is 279 g/mol. The lowest BCUT2D eigenvalue weighted by molar-refractivity contribution is 0.339. The molecule has 1 saturated carbocycles. The topological polar surface area (TPSA) is 38.6 Å². The van der Waals surface area contributed by atoms with Gasteiger partial charge < -0.3 is 10.1 Å². The Hall–Kier alpha value is -1.07. The van der Waals surface area contributed by atoms with Crippen molar-refractivity contribution in [1.29, 1.82) is 0 Å². The number of fused-ring (bicyclic) bond motifs is 1. The van der Waals surface area contributed by atoms with Crippen LogP contribution in [-0.2, 0) is 6.54 Å². The summed E-state index contributed by atoms with van der Waals surface area (Å²) >= 11 is 1.64. The van der Waals surface area contributed by atoms with Gasteiger partial charge in [-0.1, -0.05) is 19.3 Å². The van der Waals surface area contributed by atoms with E-state index in [0.29, 0.717) is 0 Å². The highest BCUT2D eigenvalue weighted by Gasteiger charge is 2.16. The van der Waals surface area contributed by atoms with E-state index in [1.165, 1.54) is 32.1 Å². The summed E-state index contributed by atoms with van der Waals surface area (Å²) in [6.07, 6.45) is 9.04. The molecule has 2 heterocycles. The summed E-state index contributed by atoms with van der Waals surface area (Å²) in [4.78, 5) is 5.48. The SMILES string of the molecule is COc1nc2sccn2c1CNCC1CCCCC1. The van der Waals surface area contributed by atoms with Gasteiger partial charge in [0.25, 0.3) is 0 Å². The van der Waals surface area contributed by atoms with Gasteiger partial charge in [-0.2, -0.15) is 4.98 Å². The number of aromatic nitrogens is 2. The van der Waals surface area contributed by atoms with Crippen LogP contribution in [0.15, 0.2) is 11.6 Å². The molecule has 5 heteroatoms. The highest BCUT2D eigenvalue weighted by molar-refractivity contribution is 7.15. The number of thiazole rings is 1. The highest BCUT2D eigenvalue weighted by Crippen LogP contribution is 2.24. The molecule has 0 radical (unpaired) electrons. The fraction of sp³-hybridized carbons (Fsp3) is 0.643. The van der Waals surface area contributed by atoms with Gasteiger partial charge in [0.2, 0.25) is 5.88 Å². The van der Waals surface area contributed by atoms with E-state index >= 15 is 0 Å². The minimum atomic E-state index is 0.753. The molecule has 0 atom stereocenters. The van der Waals surface area contributed by atoms with E-state index < -0.39 is 0 Å². The van der Waals surface area contributed by atoms with E-state index in [2.05, 4.69) is 26.3 Å². The maximum absolute atomic E-state index is 5.37. The van der Waals surface area contributed by atoms with E-state index in [9.17, 15) is 0 Å². The Morgan fingerprint density at radius 3 is 3.05 bits per heavy atom. The second kappa shape index (κ2) is 5.92. The number of hydrogen-bond acceptors (Lipinski definition) is 4. The Bertz CT molecular complexity index is 528. The summed E-state index contributed by atoms with van der Waals surface area (Å²) in [6.45, 7) is 1.94. The molecular weight excluding hydrogens is 258 g/mol. The van der Waals surface area contributed by atoms with Crippen molar-refractivity contribution in [2.75, 3.05) is 13.7 Å². The molecule has 2 aromatic rings. The van der Waals surface area contributed by atoms with Crippen molar-refractivity contribution in [2.24, 2.45) is 5.92 Å².